The zero-order valence-corrected chi connectivity index (χ0v) is 13.9. The topological polar surface area (TPSA) is 50.4 Å². The number of halogens is 2. The number of nitrogens with two attached hydrogens (primary N) is 1. The molecule has 1 aromatic rings. The molecule has 5 heteroatoms. The van der Waals surface area contributed by atoms with E-state index >= 15 is 0 Å². The SMILES string of the molecule is CC(C)NC(N)=NCCCc1ccccc1Cl.I. The normalized spacial score (nSPS) is 11.2. The summed E-state index contributed by atoms with van der Waals surface area (Å²) in [6, 6.07) is 8.21. The largest absolute Gasteiger partial charge is 0.370 e. The molecule has 0 saturated heterocycles. The summed E-state index contributed by atoms with van der Waals surface area (Å²) >= 11 is 6.06. The zero-order chi connectivity index (χ0) is 12.7. The fourth-order valence-electron chi connectivity index (χ4n) is 1.51. The summed E-state index contributed by atoms with van der Waals surface area (Å²) in [5.41, 5.74) is 6.86. The van der Waals surface area contributed by atoms with Crippen LogP contribution in [0.4, 0.5) is 0 Å². The summed E-state index contributed by atoms with van der Waals surface area (Å²) in [6.07, 6.45) is 1.88. The van der Waals surface area contributed by atoms with Crippen molar-refractivity contribution in [3.05, 3.63) is 34.9 Å². The van der Waals surface area contributed by atoms with Gasteiger partial charge in [0, 0.05) is 17.6 Å². The van der Waals surface area contributed by atoms with Gasteiger partial charge in [-0.3, -0.25) is 4.99 Å². The lowest BCUT2D eigenvalue weighted by atomic mass is 10.1. The van der Waals surface area contributed by atoms with Crippen LogP contribution in [0, 0.1) is 0 Å². The first-order chi connectivity index (χ1) is 8.09. The van der Waals surface area contributed by atoms with E-state index in [4.69, 9.17) is 17.3 Å². The van der Waals surface area contributed by atoms with Crippen molar-refractivity contribution in [1.29, 1.82) is 0 Å². The molecule has 0 aliphatic rings. The maximum atomic E-state index is 6.06. The predicted octanol–water partition coefficient (Wildman–Crippen LogP) is 3.20. The third-order valence-electron chi connectivity index (χ3n) is 2.28. The van der Waals surface area contributed by atoms with Gasteiger partial charge in [0.15, 0.2) is 5.96 Å². The van der Waals surface area contributed by atoms with Crippen LogP contribution >= 0.6 is 35.6 Å². The zero-order valence-electron chi connectivity index (χ0n) is 10.8. The molecular weight excluding hydrogens is 361 g/mol. The van der Waals surface area contributed by atoms with Crippen LogP contribution in [0.25, 0.3) is 0 Å². The Morgan fingerprint density at radius 1 is 1.39 bits per heavy atom. The van der Waals surface area contributed by atoms with E-state index in [1.165, 1.54) is 5.56 Å². The second-order valence-corrected chi connectivity index (χ2v) is 4.67. The molecule has 0 aliphatic carbocycles. The van der Waals surface area contributed by atoms with Crippen LogP contribution in [0.3, 0.4) is 0 Å². The second kappa shape index (κ2) is 9.44. The fraction of sp³-hybridized carbons (Fsp3) is 0.462. The van der Waals surface area contributed by atoms with Crippen LogP contribution in [-0.4, -0.2) is 18.5 Å². The Kier molecular flexibility index (Phi) is 9.18. The van der Waals surface area contributed by atoms with E-state index in [0.29, 0.717) is 12.0 Å². The first kappa shape index (κ1) is 17.5. The standard InChI is InChI=1S/C13H20ClN3.HI/c1-10(2)17-13(15)16-9-5-7-11-6-3-4-8-12(11)14;/h3-4,6,8,10H,5,7,9H2,1-2H3,(H3,15,16,17);1H. The Morgan fingerprint density at radius 3 is 2.67 bits per heavy atom. The van der Waals surface area contributed by atoms with Crippen molar-refractivity contribution >= 4 is 41.5 Å². The van der Waals surface area contributed by atoms with Crippen LogP contribution in [0.5, 0.6) is 0 Å². The second-order valence-electron chi connectivity index (χ2n) is 4.26. The van der Waals surface area contributed by atoms with Crippen LogP contribution in [0.2, 0.25) is 5.02 Å². The van der Waals surface area contributed by atoms with E-state index in [2.05, 4.69) is 10.3 Å². The highest BCUT2D eigenvalue weighted by Gasteiger charge is 1.98. The molecule has 0 amide bonds. The van der Waals surface area contributed by atoms with Crippen LogP contribution < -0.4 is 11.1 Å². The van der Waals surface area contributed by atoms with Crippen LogP contribution in [0.1, 0.15) is 25.8 Å². The maximum absolute atomic E-state index is 6.06. The molecule has 18 heavy (non-hydrogen) atoms. The van der Waals surface area contributed by atoms with Gasteiger partial charge in [0.05, 0.1) is 0 Å². The minimum absolute atomic E-state index is 0. The Morgan fingerprint density at radius 2 is 2.06 bits per heavy atom. The first-order valence-corrected chi connectivity index (χ1v) is 6.27. The summed E-state index contributed by atoms with van der Waals surface area (Å²) in [5.74, 6) is 0.513. The monoisotopic (exact) mass is 381 g/mol. The van der Waals surface area contributed by atoms with Crippen molar-refractivity contribution in [2.75, 3.05) is 6.54 Å². The molecule has 0 unspecified atom stereocenters. The summed E-state index contributed by atoms with van der Waals surface area (Å²) in [5, 5.41) is 3.88. The summed E-state index contributed by atoms with van der Waals surface area (Å²) in [7, 11) is 0. The number of guanidine groups is 1. The molecule has 102 valence electrons. The van der Waals surface area contributed by atoms with Crippen molar-refractivity contribution in [3.8, 4) is 0 Å². The number of aryl methyl sites for hydroxylation is 1. The number of benzene rings is 1. The van der Waals surface area contributed by atoms with Gasteiger partial charge < -0.3 is 11.1 Å². The molecule has 1 rings (SSSR count). The van der Waals surface area contributed by atoms with Crippen molar-refractivity contribution in [1.82, 2.24) is 5.32 Å². The Labute approximate surface area is 131 Å². The average Bonchev–Trinajstić information content (AvgIpc) is 2.25. The molecule has 0 aliphatic heterocycles. The Balaban J connectivity index is 0.00000289. The molecule has 0 atom stereocenters. The quantitative estimate of drug-likeness (QED) is 0.356. The highest BCUT2D eigenvalue weighted by atomic mass is 127. The van der Waals surface area contributed by atoms with Crippen molar-refractivity contribution in [2.24, 2.45) is 10.7 Å². The van der Waals surface area contributed by atoms with E-state index in [1.807, 2.05) is 38.1 Å². The third-order valence-corrected chi connectivity index (χ3v) is 2.65. The number of nitrogens with zero attached hydrogens (tertiary/aromatic N) is 1. The number of rotatable bonds is 5. The molecule has 0 spiro atoms. The van der Waals surface area contributed by atoms with Gasteiger partial charge in [-0.1, -0.05) is 29.8 Å². The molecule has 1 aromatic carbocycles. The predicted molar refractivity (Wildman–Crippen MR) is 89.9 cm³/mol. The van der Waals surface area contributed by atoms with Crippen molar-refractivity contribution in [3.63, 3.8) is 0 Å². The lowest BCUT2D eigenvalue weighted by Crippen LogP contribution is -2.36. The van der Waals surface area contributed by atoms with E-state index in [1.54, 1.807) is 0 Å². The smallest absolute Gasteiger partial charge is 0.188 e. The molecule has 0 aromatic heterocycles. The van der Waals surface area contributed by atoms with Gasteiger partial charge in [0.25, 0.3) is 0 Å². The van der Waals surface area contributed by atoms with Gasteiger partial charge in [0.2, 0.25) is 0 Å². The summed E-state index contributed by atoms with van der Waals surface area (Å²) in [6.45, 7) is 4.79. The fourth-order valence-corrected chi connectivity index (χ4v) is 1.74. The minimum atomic E-state index is 0. The van der Waals surface area contributed by atoms with Gasteiger partial charge >= 0.3 is 0 Å². The molecule has 0 heterocycles. The van der Waals surface area contributed by atoms with Gasteiger partial charge in [0.1, 0.15) is 0 Å². The number of hydrogen-bond donors (Lipinski definition) is 2. The van der Waals surface area contributed by atoms with Crippen LogP contribution in [-0.2, 0) is 6.42 Å². The molecule has 3 nitrogen and oxygen atoms in total. The molecule has 3 N–H and O–H groups in total. The Hall–Kier alpha value is -0.490. The van der Waals surface area contributed by atoms with Gasteiger partial charge in [-0.2, -0.15) is 0 Å². The first-order valence-electron chi connectivity index (χ1n) is 5.89. The highest BCUT2D eigenvalue weighted by Crippen LogP contribution is 2.16. The van der Waals surface area contributed by atoms with E-state index in [9.17, 15) is 0 Å². The lowest BCUT2D eigenvalue weighted by Gasteiger charge is -2.08. The van der Waals surface area contributed by atoms with Crippen LogP contribution in [0.15, 0.2) is 29.3 Å². The summed E-state index contributed by atoms with van der Waals surface area (Å²) < 4.78 is 0. The third kappa shape index (κ3) is 7.06. The number of hydrogen-bond acceptors (Lipinski definition) is 1. The molecule has 0 radical (unpaired) electrons. The minimum Gasteiger partial charge on any atom is -0.370 e. The number of nitrogens with one attached hydrogen (secondary N) is 1. The average molecular weight is 382 g/mol. The lowest BCUT2D eigenvalue weighted by molar-refractivity contribution is 0.719. The molecule has 0 fully saturated rings. The van der Waals surface area contributed by atoms with Crippen molar-refractivity contribution < 1.29 is 0 Å². The summed E-state index contributed by atoms with van der Waals surface area (Å²) in [4.78, 5) is 4.25. The van der Waals surface area contributed by atoms with Gasteiger partial charge in [-0.15, -0.1) is 24.0 Å². The van der Waals surface area contributed by atoms with E-state index in [-0.39, 0.29) is 24.0 Å². The maximum Gasteiger partial charge on any atom is 0.188 e. The number of aliphatic imine (C=N–C) groups is 1. The van der Waals surface area contributed by atoms with E-state index < -0.39 is 0 Å². The van der Waals surface area contributed by atoms with E-state index in [0.717, 1.165) is 24.4 Å². The highest BCUT2D eigenvalue weighted by molar-refractivity contribution is 14.0. The Bertz CT molecular complexity index is 380. The van der Waals surface area contributed by atoms with Crippen molar-refractivity contribution in [2.45, 2.75) is 32.7 Å². The van der Waals surface area contributed by atoms with Gasteiger partial charge in [-0.05, 0) is 38.3 Å². The molecule has 0 saturated carbocycles. The van der Waals surface area contributed by atoms with Gasteiger partial charge in [-0.25, -0.2) is 0 Å². The molecular formula is C13H21ClIN3. The molecule has 0 bridgehead atoms.